The zero-order valence-electron chi connectivity index (χ0n) is 15.8. The largest absolute Gasteiger partial charge is 0.481 e. The molecule has 1 aliphatic rings. The highest BCUT2D eigenvalue weighted by Crippen LogP contribution is 2.27. The number of nitrogens with zero attached hydrogens (tertiary/aromatic N) is 5. The molecular weight excluding hydrogens is 392 g/mol. The number of anilines is 2. The Balaban J connectivity index is 1.60. The van der Waals surface area contributed by atoms with Crippen molar-refractivity contribution < 1.29 is 19.4 Å². The van der Waals surface area contributed by atoms with E-state index in [1.807, 2.05) is 0 Å². The number of nitrogen functional groups attached to an aromatic ring is 1. The zero-order chi connectivity index (χ0) is 21.3. The van der Waals surface area contributed by atoms with Crippen molar-refractivity contribution in [3.8, 4) is 11.6 Å². The molecule has 1 aromatic carbocycles. The van der Waals surface area contributed by atoms with Crippen molar-refractivity contribution in [1.29, 1.82) is 0 Å². The first kappa shape index (κ1) is 19.2. The molecule has 4 rings (SSSR count). The fraction of sp³-hybridized carbons (Fsp3) is 0.211. The molecule has 0 saturated heterocycles. The van der Waals surface area contributed by atoms with Crippen molar-refractivity contribution in [2.75, 3.05) is 23.8 Å². The molecule has 1 aliphatic heterocycles. The van der Waals surface area contributed by atoms with Crippen molar-refractivity contribution in [2.24, 2.45) is 0 Å². The first-order chi connectivity index (χ1) is 14.5. The topological polar surface area (TPSA) is 146 Å². The van der Waals surface area contributed by atoms with E-state index in [1.54, 1.807) is 30.5 Å². The first-order valence-electron chi connectivity index (χ1n) is 9.11. The van der Waals surface area contributed by atoms with Crippen LogP contribution in [-0.4, -0.2) is 49.2 Å². The molecule has 11 nitrogen and oxygen atoms in total. The maximum Gasteiger partial charge on any atom is 0.332 e. The quantitative estimate of drug-likeness (QED) is 0.619. The number of carboxylic acid groups (broad SMARTS) is 1. The summed E-state index contributed by atoms with van der Waals surface area (Å²) in [5, 5.41) is 8.78. The lowest BCUT2D eigenvalue weighted by molar-refractivity contribution is -0.137. The summed E-state index contributed by atoms with van der Waals surface area (Å²) in [5.41, 5.74) is 6.80. The number of benzene rings is 1. The van der Waals surface area contributed by atoms with Gasteiger partial charge in [0.05, 0.1) is 18.7 Å². The number of imidazole rings is 1. The van der Waals surface area contributed by atoms with Crippen molar-refractivity contribution in [1.82, 2.24) is 19.1 Å². The predicted molar refractivity (Wildman–Crippen MR) is 106 cm³/mol. The summed E-state index contributed by atoms with van der Waals surface area (Å²) in [6.07, 6.45) is 4.20. The van der Waals surface area contributed by atoms with Crippen LogP contribution in [0.15, 0.2) is 47.8 Å². The first-order valence-corrected chi connectivity index (χ1v) is 9.11. The van der Waals surface area contributed by atoms with Gasteiger partial charge in [0.25, 0.3) is 5.91 Å². The highest BCUT2D eigenvalue weighted by atomic mass is 16.5. The van der Waals surface area contributed by atoms with Gasteiger partial charge in [-0.3, -0.25) is 18.7 Å². The number of aromatic nitrogens is 4. The van der Waals surface area contributed by atoms with Gasteiger partial charge in [0.1, 0.15) is 24.3 Å². The van der Waals surface area contributed by atoms with Crippen molar-refractivity contribution in [3.63, 3.8) is 0 Å². The van der Waals surface area contributed by atoms with E-state index < -0.39 is 5.97 Å². The number of hydrogen-bond donors (Lipinski definition) is 2. The third kappa shape index (κ3) is 3.48. The van der Waals surface area contributed by atoms with Gasteiger partial charge < -0.3 is 20.5 Å². The Labute approximate surface area is 170 Å². The molecule has 2 aromatic heterocycles. The highest BCUT2D eigenvalue weighted by molar-refractivity contribution is 6.10. The summed E-state index contributed by atoms with van der Waals surface area (Å²) in [7, 11) is 0. The molecule has 0 radical (unpaired) electrons. The fourth-order valence-corrected chi connectivity index (χ4v) is 3.20. The molecule has 1 amide bonds. The van der Waals surface area contributed by atoms with Gasteiger partial charge in [-0.2, -0.15) is 0 Å². The SMILES string of the molecule is Nc1ncnc2c1C(=O)N(c1ccc(-n3ccn(CCC(=O)O)c3=O)cc1)CCO2. The van der Waals surface area contributed by atoms with E-state index in [0.717, 1.165) is 0 Å². The number of aliphatic carboxylic acids is 1. The van der Waals surface area contributed by atoms with Crippen LogP contribution in [0.4, 0.5) is 11.5 Å². The van der Waals surface area contributed by atoms with Gasteiger partial charge in [-0.1, -0.05) is 0 Å². The van der Waals surface area contributed by atoms with Crippen LogP contribution < -0.4 is 21.1 Å². The summed E-state index contributed by atoms with van der Waals surface area (Å²) in [6, 6.07) is 6.81. The molecule has 3 aromatic rings. The summed E-state index contributed by atoms with van der Waals surface area (Å²) < 4.78 is 8.25. The Kier molecular flexibility index (Phi) is 4.92. The number of ether oxygens (including phenoxy) is 1. The lowest BCUT2D eigenvalue weighted by atomic mass is 10.2. The van der Waals surface area contributed by atoms with E-state index in [2.05, 4.69) is 9.97 Å². The van der Waals surface area contributed by atoms with Crippen LogP contribution in [0.25, 0.3) is 5.69 Å². The lowest BCUT2D eigenvalue weighted by Gasteiger charge is -2.20. The normalized spacial score (nSPS) is 13.5. The van der Waals surface area contributed by atoms with Crippen LogP contribution in [-0.2, 0) is 11.3 Å². The number of rotatable bonds is 5. The molecule has 11 heteroatoms. The highest BCUT2D eigenvalue weighted by Gasteiger charge is 2.28. The maximum absolute atomic E-state index is 13.0. The van der Waals surface area contributed by atoms with Crippen LogP contribution in [0, 0.1) is 0 Å². The number of carboxylic acids is 1. The number of hydrogen-bond acceptors (Lipinski definition) is 7. The molecule has 3 heterocycles. The van der Waals surface area contributed by atoms with Gasteiger partial charge in [0, 0.05) is 24.6 Å². The van der Waals surface area contributed by atoms with Gasteiger partial charge in [0.2, 0.25) is 5.88 Å². The van der Waals surface area contributed by atoms with Crippen LogP contribution in [0.1, 0.15) is 16.8 Å². The minimum atomic E-state index is -0.974. The summed E-state index contributed by atoms with van der Waals surface area (Å²) in [5.74, 6) is -1.15. The second-order valence-corrected chi connectivity index (χ2v) is 6.55. The van der Waals surface area contributed by atoms with E-state index in [4.69, 9.17) is 15.6 Å². The Bertz CT molecular complexity index is 1170. The molecule has 0 unspecified atom stereocenters. The van der Waals surface area contributed by atoms with E-state index in [0.29, 0.717) is 17.9 Å². The van der Waals surface area contributed by atoms with Crippen LogP contribution in [0.3, 0.4) is 0 Å². The average Bonchev–Trinajstić information content (AvgIpc) is 3.00. The van der Waals surface area contributed by atoms with Gasteiger partial charge in [0.15, 0.2) is 0 Å². The Morgan fingerprint density at radius 3 is 2.60 bits per heavy atom. The van der Waals surface area contributed by atoms with Crippen molar-refractivity contribution in [2.45, 2.75) is 13.0 Å². The smallest absolute Gasteiger partial charge is 0.332 e. The minimum absolute atomic E-state index is 0.0442. The number of aryl methyl sites for hydroxylation is 1. The average molecular weight is 410 g/mol. The number of amides is 1. The van der Waals surface area contributed by atoms with Gasteiger partial charge >= 0.3 is 11.7 Å². The number of nitrogens with two attached hydrogens (primary N) is 1. The van der Waals surface area contributed by atoms with E-state index >= 15 is 0 Å². The second-order valence-electron chi connectivity index (χ2n) is 6.55. The zero-order valence-corrected chi connectivity index (χ0v) is 15.8. The Morgan fingerprint density at radius 1 is 1.13 bits per heavy atom. The summed E-state index contributed by atoms with van der Waals surface area (Å²) in [6.45, 7) is 0.618. The molecule has 154 valence electrons. The molecule has 3 N–H and O–H groups in total. The lowest BCUT2D eigenvalue weighted by Crippen LogP contribution is -2.32. The predicted octanol–water partition coefficient (Wildman–Crippen LogP) is 0.525. The van der Waals surface area contributed by atoms with Crippen LogP contribution >= 0.6 is 0 Å². The van der Waals surface area contributed by atoms with Crippen LogP contribution in [0.2, 0.25) is 0 Å². The van der Waals surface area contributed by atoms with Gasteiger partial charge in [-0.05, 0) is 24.3 Å². The summed E-state index contributed by atoms with van der Waals surface area (Å²) in [4.78, 5) is 45.5. The molecular formula is C19H18N6O5. The molecule has 0 saturated carbocycles. The number of fused-ring (bicyclic) bond motifs is 1. The molecule has 0 spiro atoms. The molecule has 0 fully saturated rings. The third-order valence-electron chi connectivity index (χ3n) is 4.71. The Morgan fingerprint density at radius 2 is 1.87 bits per heavy atom. The molecule has 30 heavy (non-hydrogen) atoms. The number of carbonyl (C=O) groups excluding carboxylic acids is 1. The molecule has 0 bridgehead atoms. The second kappa shape index (κ2) is 7.70. The maximum atomic E-state index is 13.0. The van der Waals surface area contributed by atoms with Crippen molar-refractivity contribution >= 4 is 23.4 Å². The van der Waals surface area contributed by atoms with E-state index in [1.165, 1.54) is 26.6 Å². The minimum Gasteiger partial charge on any atom is -0.481 e. The summed E-state index contributed by atoms with van der Waals surface area (Å²) >= 11 is 0. The monoisotopic (exact) mass is 410 g/mol. The van der Waals surface area contributed by atoms with Gasteiger partial charge in [-0.25, -0.2) is 14.8 Å². The molecule has 0 atom stereocenters. The third-order valence-corrected chi connectivity index (χ3v) is 4.71. The standard InChI is InChI=1S/C19H18N6O5/c20-16-15-17(22-11-21-16)30-10-9-24(18(15)28)12-1-3-13(4-2-12)25-8-7-23(19(25)29)6-5-14(26)27/h1-4,7-8,11H,5-6,9-10H2,(H,26,27)(H2,20,21,22). The van der Waals surface area contributed by atoms with Crippen LogP contribution in [0.5, 0.6) is 5.88 Å². The Hall–Kier alpha value is -4.15. The van der Waals surface area contributed by atoms with Gasteiger partial charge in [-0.15, -0.1) is 0 Å². The number of carbonyl (C=O) groups is 2. The molecule has 0 aliphatic carbocycles. The fourth-order valence-electron chi connectivity index (χ4n) is 3.20. The van der Waals surface area contributed by atoms with E-state index in [-0.39, 0.29) is 48.4 Å². The van der Waals surface area contributed by atoms with Crippen molar-refractivity contribution in [3.05, 3.63) is 59.0 Å². The van der Waals surface area contributed by atoms with E-state index in [9.17, 15) is 14.4 Å².